The quantitative estimate of drug-likeness (QED) is 0.0877. The molecule has 0 saturated carbocycles. The minimum Gasteiger partial charge on any atom is -0.508 e. The van der Waals surface area contributed by atoms with Gasteiger partial charge in [-0.1, -0.05) is 24.3 Å². The summed E-state index contributed by atoms with van der Waals surface area (Å²) in [5.74, 6) is 0.610. The molecule has 1 heterocycles. The first-order valence-electron chi connectivity index (χ1n) is 14.0. The van der Waals surface area contributed by atoms with Crippen molar-refractivity contribution in [1.29, 1.82) is 10.8 Å². The van der Waals surface area contributed by atoms with Gasteiger partial charge in [0.15, 0.2) is 11.7 Å². The van der Waals surface area contributed by atoms with Crippen molar-refractivity contribution in [3.63, 3.8) is 0 Å². The van der Waals surface area contributed by atoms with Crippen molar-refractivity contribution in [2.45, 2.75) is 0 Å². The van der Waals surface area contributed by atoms with Crippen LogP contribution in [0, 0.1) is 10.8 Å². The molecule has 0 aliphatic heterocycles. The molecule has 224 valence electrons. The van der Waals surface area contributed by atoms with E-state index in [0.29, 0.717) is 50.6 Å². The van der Waals surface area contributed by atoms with Crippen molar-refractivity contribution in [2.24, 2.45) is 4.99 Å². The molecule has 0 aliphatic carbocycles. The van der Waals surface area contributed by atoms with Crippen LogP contribution in [0.4, 0.5) is 0 Å². The normalized spacial score (nSPS) is 11.3. The summed E-state index contributed by atoms with van der Waals surface area (Å²) in [6.07, 6.45) is 0. The molecule has 1 aromatic heterocycles. The van der Waals surface area contributed by atoms with Crippen LogP contribution in [0.25, 0.3) is 33.9 Å². The number of rotatable bonds is 7. The van der Waals surface area contributed by atoms with Crippen molar-refractivity contribution in [2.75, 3.05) is 0 Å². The minimum absolute atomic E-state index is 0.0435. The minimum atomic E-state index is -0.0929. The number of nitrogens with zero attached hydrogens (tertiary/aromatic N) is 4. The zero-order valence-corrected chi connectivity index (χ0v) is 24.1. The molecule has 10 heteroatoms. The van der Waals surface area contributed by atoms with E-state index < -0.39 is 0 Å². The second kappa shape index (κ2) is 12.5. The molecular weight excluding hydrogens is 580 g/mol. The van der Waals surface area contributed by atoms with E-state index in [1.807, 2.05) is 0 Å². The maximum atomic E-state index is 9.82. The van der Waals surface area contributed by atoms with Crippen molar-refractivity contribution < 1.29 is 20.4 Å². The summed E-state index contributed by atoms with van der Waals surface area (Å²) in [4.78, 5) is 9.32. The second-order valence-corrected chi connectivity index (χ2v) is 10.3. The fourth-order valence-corrected chi connectivity index (χ4v) is 4.68. The van der Waals surface area contributed by atoms with E-state index in [2.05, 4.69) is 15.2 Å². The highest BCUT2D eigenvalue weighted by Gasteiger charge is 2.17. The van der Waals surface area contributed by atoms with Gasteiger partial charge in [0.25, 0.3) is 0 Å². The Balaban J connectivity index is 1.34. The second-order valence-electron chi connectivity index (χ2n) is 10.3. The average molecular weight is 607 g/mol. The van der Waals surface area contributed by atoms with Gasteiger partial charge in [-0.15, -0.1) is 10.2 Å². The molecule has 0 saturated heterocycles. The molecule has 0 spiro atoms. The Labute approximate surface area is 263 Å². The van der Waals surface area contributed by atoms with Crippen LogP contribution in [0.1, 0.15) is 16.7 Å². The molecule has 0 atom stereocenters. The highest BCUT2D eigenvalue weighted by molar-refractivity contribution is 6.53. The number of nitrogens with one attached hydrogen (secondary N) is 2. The molecule has 5 aromatic carbocycles. The van der Waals surface area contributed by atoms with E-state index in [0.717, 1.165) is 0 Å². The molecule has 6 aromatic rings. The summed E-state index contributed by atoms with van der Waals surface area (Å²) in [6, 6.07) is 32.4. The van der Waals surface area contributed by atoms with Crippen LogP contribution in [-0.4, -0.2) is 52.9 Å². The lowest BCUT2D eigenvalue weighted by atomic mass is 9.99. The molecule has 0 radical (unpaired) electrons. The number of aliphatic imine (C=N–C) groups is 1. The van der Waals surface area contributed by atoms with Crippen LogP contribution < -0.4 is 0 Å². The largest absolute Gasteiger partial charge is 0.508 e. The Morgan fingerprint density at radius 2 is 0.870 bits per heavy atom. The average Bonchev–Trinajstić information content (AvgIpc) is 3.08. The van der Waals surface area contributed by atoms with Gasteiger partial charge in [0.05, 0.1) is 11.4 Å². The first-order valence-corrected chi connectivity index (χ1v) is 14.0. The van der Waals surface area contributed by atoms with Crippen LogP contribution in [0.15, 0.2) is 126 Å². The van der Waals surface area contributed by atoms with E-state index in [-0.39, 0.29) is 40.3 Å². The van der Waals surface area contributed by atoms with E-state index in [4.69, 9.17) is 15.8 Å². The molecule has 46 heavy (non-hydrogen) atoms. The molecule has 6 N–H and O–H groups in total. The smallest absolute Gasteiger partial charge is 0.182 e. The zero-order chi connectivity index (χ0) is 32.2. The number of hydrogen-bond acceptors (Lipinski definition) is 9. The molecule has 0 bridgehead atoms. The molecule has 0 unspecified atom stereocenters. The Bertz CT molecular complexity index is 2080. The highest BCUT2D eigenvalue weighted by atomic mass is 16.3. The lowest BCUT2D eigenvalue weighted by molar-refractivity contribution is 0.474. The number of phenols is 4. The summed E-state index contributed by atoms with van der Waals surface area (Å²) < 4.78 is 0. The standard InChI is InChI=1S/C36H26N6O4/c37-31(21-5-13-27(43)14-6-21)32(22-7-15-28(44)16-8-22)39-35(38)25-1-3-26(4-2-25)36-40-33(23-9-17-29(45)18-10-23)34(41-42-36)24-11-19-30(46)20-12-24/h1-20,37-38,43-46H. The van der Waals surface area contributed by atoms with Gasteiger partial charge in [-0.2, -0.15) is 0 Å². The van der Waals surface area contributed by atoms with Gasteiger partial charge in [0, 0.05) is 33.4 Å². The third-order valence-electron chi connectivity index (χ3n) is 7.14. The predicted octanol–water partition coefficient (Wildman–Crippen LogP) is 6.58. The van der Waals surface area contributed by atoms with Crippen molar-refractivity contribution in [3.8, 4) is 56.9 Å². The van der Waals surface area contributed by atoms with E-state index in [1.54, 1.807) is 97.1 Å². The summed E-state index contributed by atoms with van der Waals surface area (Å²) in [7, 11) is 0. The van der Waals surface area contributed by atoms with E-state index >= 15 is 0 Å². The molecule has 0 aliphatic rings. The summed E-state index contributed by atoms with van der Waals surface area (Å²) in [5.41, 5.74) is 4.86. The van der Waals surface area contributed by atoms with Crippen LogP contribution >= 0.6 is 0 Å². The van der Waals surface area contributed by atoms with Crippen LogP contribution in [0.3, 0.4) is 0 Å². The number of aromatic nitrogens is 3. The maximum Gasteiger partial charge on any atom is 0.182 e. The lowest BCUT2D eigenvalue weighted by Gasteiger charge is -2.11. The highest BCUT2D eigenvalue weighted by Crippen LogP contribution is 2.32. The van der Waals surface area contributed by atoms with E-state index in [1.165, 1.54) is 24.3 Å². The van der Waals surface area contributed by atoms with Crippen LogP contribution in [0.2, 0.25) is 0 Å². The van der Waals surface area contributed by atoms with Gasteiger partial charge in [-0.05, 0) is 97.1 Å². The monoisotopic (exact) mass is 606 g/mol. The predicted molar refractivity (Wildman–Crippen MR) is 176 cm³/mol. The lowest BCUT2D eigenvalue weighted by Crippen LogP contribution is -2.18. The number of aromatic hydroxyl groups is 4. The van der Waals surface area contributed by atoms with Crippen molar-refractivity contribution in [3.05, 3.63) is 138 Å². The van der Waals surface area contributed by atoms with Crippen LogP contribution in [0.5, 0.6) is 23.0 Å². The SMILES string of the molecule is N=C(N=C(C(=N)c1ccc(O)cc1)c1ccc(O)cc1)c1ccc(-c2nnc(-c3ccc(O)cc3)c(-c3ccc(O)cc3)n2)cc1. The molecular formula is C36H26N6O4. The summed E-state index contributed by atoms with van der Waals surface area (Å²) in [6.45, 7) is 0. The number of amidine groups is 1. The number of benzene rings is 5. The third kappa shape index (κ3) is 6.31. The van der Waals surface area contributed by atoms with Gasteiger partial charge in [-0.3, -0.25) is 10.8 Å². The molecule has 10 nitrogen and oxygen atoms in total. The fourth-order valence-electron chi connectivity index (χ4n) is 4.68. The van der Waals surface area contributed by atoms with Gasteiger partial charge >= 0.3 is 0 Å². The van der Waals surface area contributed by atoms with E-state index in [9.17, 15) is 20.4 Å². The molecule has 0 amide bonds. The Morgan fingerprint density at radius 3 is 1.39 bits per heavy atom. The fraction of sp³-hybridized carbons (Fsp3) is 0. The first kappa shape index (κ1) is 29.4. The van der Waals surface area contributed by atoms with Gasteiger partial charge in [-0.25, -0.2) is 9.98 Å². The zero-order valence-electron chi connectivity index (χ0n) is 24.1. The maximum absolute atomic E-state index is 9.82. The molecule has 6 rings (SSSR count). The van der Waals surface area contributed by atoms with Crippen molar-refractivity contribution in [1.82, 2.24) is 15.2 Å². The third-order valence-corrected chi connectivity index (χ3v) is 7.14. The van der Waals surface area contributed by atoms with Gasteiger partial charge in [0.2, 0.25) is 0 Å². The first-order chi connectivity index (χ1) is 22.2. The summed E-state index contributed by atoms with van der Waals surface area (Å²) in [5, 5.41) is 65.5. The Hall–Kier alpha value is -6.68. The topological polar surface area (TPSA) is 180 Å². The van der Waals surface area contributed by atoms with Gasteiger partial charge in [0.1, 0.15) is 34.4 Å². The van der Waals surface area contributed by atoms with Gasteiger partial charge < -0.3 is 20.4 Å². The Morgan fingerprint density at radius 1 is 0.457 bits per heavy atom. The number of hydrogen-bond donors (Lipinski definition) is 6. The summed E-state index contributed by atoms with van der Waals surface area (Å²) >= 11 is 0. The number of phenolic OH excluding ortho intramolecular Hbond substituents is 4. The Kier molecular flexibility index (Phi) is 7.99. The molecule has 0 fully saturated rings. The van der Waals surface area contributed by atoms with Crippen molar-refractivity contribution >= 4 is 17.3 Å². The van der Waals surface area contributed by atoms with Crippen LogP contribution in [-0.2, 0) is 0 Å².